The summed E-state index contributed by atoms with van der Waals surface area (Å²) in [6.45, 7) is 4.29. The molecule has 20 heavy (non-hydrogen) atoms. The van der Waals surface area contributed by atoms with Crippen LogP contribution >= 0.6 is 0 Å². The van der Waals surface area contributed by atoms with E-state index in [9.17, 15) is 4.79 Å². The maximum Gasteiger partial charge on any atom is 0.240 e. The van der Waals surface area contributed by atoms with Gasteiger partial charge in [-0.3, -0.25) is 4.79 Å². The molecular weight excluding hydrogens is 248 g/mol. The number of hydrazone groups is 1. The number of rotatable bonds is 9. The van der Waals surface area contributed by atoms with Crippen molar-refractivity contribution in [1.82, 2.24) is 5.43 Å². The fourth-order valence-corrected chi connectivity index (χ4v) is 1.96. The van der Waals surface area contributed by atoms with Gasteiger partial charge in [0, 0.05) is 6.42 Å². The summed E-state index contributed by atoms with van der Waals surface area (Å²) in [5.41, 5.74) is 4.76. The highest BCUT2D eigenvalue weighted by atomic mass is 16.2. The van der Waals surface area contributed by atoms with Gasteiger partial charge in [0.25, 0.3) is 0 Å². The summed E-state index contributed by atoms with van der Waals surface area (Å²) in [6, 6.07) is 10.1. The first-order valence-electron chi connectivity index (χ1n) is 7.68. The zero-order valence-corrected chi connectivity index (χ0v) is 12.7. The first-order chi connectivity index (χ1) is 9.77. The zero-order valence-electron chi connectivity index (χ0n) is 12.7. The minimum atomic E-state index is 0.0170. The lowest BCUT2D eigenvalue weighted by molar-refractivity contribution is -0.121. The molecule has 0 aromatic heterocycles. The van der Waals surface area contributed by atoms with Gasteiger partial charge in [0.15, 0.2) is 0 Å². The molecule has 0 aliphatic heterocycles. The highest BCUT2D eigenvalue weighted by Crippen LogP contribution is 2.08. The van der Waals surface area contributed by atoms with E-state index >= 15 is 0 Å². The van der Waals surface area contributed by atoms with Crippen LogP contribution in [0.15, 0.2) is 35.4 Å². The fraction of sp³-hybridized carbons (Fsp3) is 0.529. The summed E-state index contributed by atoms with van der Waals surface area (Å²) >= 11 is 0. The van der Waals surface area contributed by atoms with Crippen LogP contribution in [0, 0.1) is 0 Å². The van der Waals surface area contributed by atoms with Crippen LogP contribution in [-0.2, 0) is 4.79 Å². The molecule has 1 aromatic rings. The first-order valence-corrected chi connectivity index (χ1v) is 7.68. The molecule has 0 bridgehead atoms. The van der Waals surface area contributed by atoms with Crippen LogP contribution in [0.1, 0.15) is 64.4 Å². The van der Waals surface area contributed by atoms with E-state index in [-0.39, 0.29) is 5.91 Å². The molecule has 1 amide bonds. The average Bonchev–Trinajstić information content (AvgIpc) is 2.48. The summed E-state index contributed by atoms with van der Waals surface area (Å²) in [5.74, 6) is 0.0170. The van der Waals surface area contributed by atoms with Crippen LogP contribution < -0.4 is 5.43 Å². The van der Waals surface area contributed by atoms with Crippen molar-refractivity contribution < 1.29 is 4.79 Å². The van der Waals surface area contributed by atoms with Gasteiger partial charge in [-0.1, -0.05) is 63.4 Å². The Bertz CT molecular complexity index is 412. The summed E-state index contributed by atoms with van der Waals surface area (Å²) in [7, 11) is 0. The minimum Gasteiger partial charge on any atom is -0.273 e. The average molecular weight is 274 g/mol. The number of carbonyl (C=O) groups is 1. The second-order valence-electron chi connectivity index (χ2n) is 5.02. The Morgan fingerprint density at radius 3 is 2.35 bits per heavy atom. The van der Waals surface area contributed by atoms with E-state index in [1.54, 1.807) is 0 Å². The highest BCUT2D eigenvalue weighted by Gasteiger charge is 2.04. The van der Waals surface area contributed by atoms with Gasteiger partial charge in [-0.2, -0.15) is 5.10 Å². The third-order valence-electron chi connectivity index (χ3n) is 3.20. The Hall–Kier alpha value is -1.64. The lowest BCUT2D eigenvalue weighted by Crippen LogP contribution is -2.19. The molecule has 1 rings (SSSR count). The van der Waals surface area contributed by atoms with Crippen molar-refractivity contribution in [1.29, 1.82) is 0 Å². The van der Waals surface area contributed by atoms with Crippen molar-refractivity contribution in [3.8, 4) is 0 Å². The Balaban J connectivity index is 2.59. The van der Waals surface area contributed by atoms with Crippen LogP contribution in [0.5, 0.6) is 0 Å². The topological polar surface area (TPSA) is 41.5 Å². The predicted molar refractivity (Wildman–Crippen MR) is 84.8 cm³/mol. The molecule has 1 N–H and O–H groups in total. The zero-order chi connectivity index (χ0) is 14.6. The Labute approximate surface area is 122 Å². The molecule has 0 saturated carbocycles. The van der Waals surface area contributed by atoms with Gasteiger partial charge in [-0.25, -0.2) is 5.43 Å². The molecule has 0 aliphatic rings. The number of amides is 1. The largest absolute Gasteiger partial charge is 0.273 e. The second kappa shape index (κ2) is 10.2. The Morgan fingerprint density at radius 1 is 1.00 bits per heavy atom. The smallest absolute Gasteiger partial charge is 0.240 e. The SMILES string of the molecule is CCCCCC(=O)NN=C(CCCC)c1ccccc1. The minimum absolute atomic E-state index is 0.0170. The van der Waals surface area contributed by atoms with Crippen molar-refractivity contribution in [2.45, 2.75) is 58.8 Å². The molecule has 1 aromatic carbocycles. The molecule has 0 saturated heterocycles. The third-order valence-corrected chi connectivity index (χ3v) is 3.20. The number of nitrogens with one attached hydrogen (secondary N) is 1. The van der Waals surface area contributed by atoms with Gasteiger partial charge in [0.05, 0.1) is 5.71 Å². The molecule has 0 aliphatic carbocycles. The number of hydrogen-bond acceptors (Lipinski definition) is 2. The highest BCUT2D eigenvalue weighted by molar-refractivity contribution is 6.01. The monoisotopic (exact) mass is 274 g/mol. The molecule has 3 nitrogen and oxygen atoms in total. The Kier molecular flexibility index (Phi) is 8.36. The second-order valence-corrected chi connectivity index (χ2v) is 5.02. The molecule has 110 valence electrons. The maximum absolute atomic E-state index is 11.7. The van der Waals surface area contributed by atoms with Crippen molar-refractivity contribution in [2.24, 2.45) is 5.10 Å². The fourth-order valence-electron chi connectivity index (χ4n) is 1.96. The molecular formula is C17H26N2O. The van der Waals surface area contributed by atoms with E-state index in [1.165, 1.54) is 0 Å². The van der Waals surface area contributed by atoms with Gasteiger partial charge in [-0.15, -0.1) is 0 Å². The first kappa shape index (κ1) is 16.4. The maximum atomic E-state index is 11.7. The molecule has 0 radical (unpaired) electrons. The van der Waals surface area contributed by atoms with Gasteiger partial charge >= 0.3 is 0 Å². The van der Waals surface area contributed by atoms with Crippen molar-refractivity contribution in [3.63, 3.8) is 0 Å². The normalized spacial score (nSPS) is 11.4. The van der Waals surface area contributed by atoms with E-state index < -0.39 is 0 Å². The van der Waals surface area contributed by atoms with Gasteiger partial charge in [-0.05, 0) is 24.8 Å². The lowest BCUT2D eigenvalue weighted by Gasteiger charge is -2.07. The number of benzene rings is 1. The standard InChI is InChI=1S/C17H26N2O/c1-3-5-8-14-17(20)19-18-16(13-6-4-2)15-11-9-7-10-12-15/h7,9-12H,3-6,8,13-14H2,1-2H3,(H,19,20). The molecule has 0 heterocycles. The van der Waals surface area contributed by atoms with Gasteiger partial charge < -0.3 is 0 Å². The van der Waals surface area contributed by atoms with E-state index in [2.05, 4.69) is 24.4 Å². The number of nitrogens with zero attached hydrogens (tertiary/aromatic N) is 1. The van der Waals surface area contributed by atoms with Gasteiger partial charge in [0.1, 0.15) is 0 Å². The van der Waals surface area contributed by atoms with Crippen LogP contribution in [0.25, 0.3) is 0 Å². The summed E-state index contributed by atoms with van der Waals surface area (Å²) < 4.78 is 0. The Morgan fingerprint density at radius 2 is 1.70 bits per heavy atom. The van der Waals surface area contributed by atoms with Crippen molar-refractivity contribution in [3.05, 3.63) is 35.9 Å². The predicted octanol–water partition coefficient (Wildman–Crippen LogP) is 4.28. The number of carbonyl (C=O) groups excluding carboxylic acids is 1. The summed E-state index contributed by atoms with van der Waals surface area (Å²) in [6.07, 6.45) is 6.83. The van der Waals surface area contributed by atoms with Crippen LogP contribution in [-0.4, -0.2) is 11.6 Å². The van der Waals surface area contributed by atoms with E-state index in [1.807, 2.05) is 30.3 Å². The van der Waals surface area contributed by atoms with Crippen LogP contribution in [0.3, 0.4) is 0 Å². The molecule has 0 fully saturated rings. The van der Waals surface area contributed by atoms with Gasteiger partial charge in [0.2, 0.25) is 5.91 Å². The van der Waals surface area contributed by atoms with Crippen molar-refractivity contribution in [2.75, 3.05) is 0 Å². The molecule has 0 atom stereocenters. The number of hydrogen-bond donors (Lipinski definition) is 1. The molecule has 0 spiro atoms. The summed E-state index contributed by atoms with van der Waals surface area (Å²) in [4.78, 5) is 11.7. The van der Waals surface area contributed by atoms with Crippen LogP contribution in [0.4, 0.5) is 0 Å². The van der Waals surface area contributed by atoms with E-state index in [0.29, 0.717) is 6.42 Å². The third kappa shape index (κ3) is 6.50. The lowest BCUT2D eigenvalue weighted by atomic mass is 10.1. The van der Waals surface area contributed by atoms with Crippen molar-refractivity contribution >= 4 is 11.6 Å². The summed E-state index contributed by atoms with van der Waals surface area (Å²) in [5, 5.41) is 4.33. The molecule has 0 unspecified atom stereocenters. The van der Waals surface area contributed by atoms with Crippen LogP contribution in [0.2, 0.25) is 0 Å². The molecule has 3 heteroatoms. The van der Waals surface area contributed by atoms with E-state index in [4.69, 9.17) is 0 Å². The number of unbranched alkanes of at least 4 members (excludes halogenated alkanes) is 3. The van der Waals surface area contributed by atoms with E-state index in [0.717, 1.165) is 49.8 Å². The quantitative estimate of drug-likeness (QED) is 0.407.